The first-order chi connectivity index (χ1) is 13.6. The van der Waals surface area contributed by atoms with E-state index in [4.69, 9.17) is 9.47 Å². The Balaban J connectivity index is 0.00000420. The summed E-state index contributed by atoms with van der Waals surface area (Å²) >= 11 is 0. The van der Waals surface area contributed by atoms with Crippen LogP contribution in [0.4, 0.5) is 8.78 Å². The van der Waals surface area contributed by atoms with Crippen molar-refractivity contribution in [3.05, 3.63) is 23.8 Å². The quantitative estimate of drug-likeness (QED) is 0.206. The van der Waals surface area contributed by atoms with E-state index in [9.17, 15) is 8.78 Å². The molecule has 0 unspecified atom stereocenters. The van der Waals surface area contributed by atoms with Gasteiger partial charge >= 0.3 is 6.61 Å². The maximum Gasteiger partial charge on any atom is 0.387 e. The zero-order valence-corrected chi connectivity index (χ0v) is 19.4. The van der Waals surface area contributed by atoms with E-state index >= 15 is 0 Å². The number of ether oxygens (including phenoxy) is 3. The molecule has 2 N–H and O–H groups in total. The molecule has 0 heterocycles. The summed E-state index contributed by atoms with van der Waals surface area (Å²) in [7, 11) is 3.19. The molecule has 1 aliphatic rings. The molecular weight excluding hydrogens is 495 g/mol. The average molecular weight is 527 g/mol. The van der Waals surface area contributed by atoms with Gasteiger partial charge in [-0.05, 0) is 37.5 Å². The molecule has 0 bridgehead atoms. The molecule has 9 heteroatoms. The first kappa shape index (κ1) is 25.7. The minimum absolute atomic E-state index is 0. The first-order valence-electron chi connectivity index (χ1n) is 9.80. The number of guanidine groups is 1. The molecule has 1 aliphatic carbocycles. The van der Waals surface area contributed by atoms with Gasteiger partial charge in [-0.25, -0.2) is 0 Å². The van der Waals surface area contributed by atoms with Crippen molar-refractivity contribution < 1.29 is 23.0 Å². The lowest BCUT2D eigenvalue weighted by Crippen LogP contribution is -2.37. The van der Waals surface area contributed by atoms with E-state index in [1.807, 2.05) is 0 Å². The van der Waals surface area contributed by atoms with Crippen LogP contribution >= 0.6 is 24.0 Å². The Bertz CT molecular complexity index is 615. The van der Waals surface area contributed by atoms with Gasteiger partial charge in [0.25, 0.3) is 0 Å². The fourth-order valence-corrected chi connectivity index (χ4v) is 3.19. The van der Waals surface area contributed by atoms with E-state index in [2.05, 4.69) is 20.4 Å². The molecular formula is C20H32F2IN3O3. The van der Waals surface area contributed by atoms with E-state index in [-0.39, 0.29) is 36.3 Å². The number of benzene rings is 1. The molecule has 0 radical (unpaired) electrons. The van der Waals surface area contributed by atoms with Crippen molar-refractivity contribution in [3.8, 4) is 11.5 Å². The molecule has 0 spiro atoms. The number of nitrogens with one attached hydrogen (secondary N) is 2. The molecule has 0 atom stereocenters. The van der Waals surface area contributed by atoms with Gasteiger partial charge in [-0.3, -0.25) is 4.99 Å². The van der Waals surface area contributed by atoms with Gasteiger partial charge in [0.05, 0.1) is 13.2 Å². The second-order valence-corrected chi connectivity index (χ2v) is 6.69. The van der Waals surface area contributed by atoms with Crippen molar-refractivity contribution >= 4 is 29.9 Å². The maximum absolute atomic E-state index is 12.6. The zero-order chi connectivity index (χ0) is 20.2. The summed E-state index contributed by atoms with van der Waals surface area (Å²) in [5.41, 5.74) is 0.559. The van der Waals surface area contributed by atoms with Crippen molar-refractivity contribution in [2.45, 2.75) is 57.8 Å². The SMILES string of the molecule is CN=C(NCCCOC1CCCCC1)NCc1cc(OC)ccc1OC(F)F.I. The summed E-state index contributed by atoms with van der Waals surface area (Å²) in [4.78, 5) is 4.16. The van der Waals surface area contributed by atoms with Crippen molar-refractivity contribution in [1.29, 1.82) is 0 Å². The normalized spacial score (nSPS) is 15.0. The molecule has 0 saturated heterocycles. The highest BCUT2D eigenvalue weighted by Gasteiger charge is 2.13. The van der Waals surface area contributed by atoms with Gasteiger partial charge in [0.1, 0.15) is 11.5 Å². The van der Waals surface area contributed by atoms with Crippen LogP contribution in [0.3, 0.4) is 0 Å². The van der Waals surface area contributed by atoms with E-state index in [1.165, 1.54) is 45.3 Å². The number of rotatable bonds is 10. The standard InChI is InChI=1S/C20H31F2N3O3.HI/c1-23-20(24-11-6-12-27-16-7-4-3-5-8-16)25-14-15-13-17(26-2)9-10-18(15)28-19(21)22;/h9-10,13,16,19H,3-8,11-12,14H2,1-2H3,(H2,23,24,25);1H. The van der Waals surface area contributed by atoms with Gasteiger partial charge < -0.3 is 24.8 Å². The van der Waals surface area contributed by atoms with E-state index in [1.54, 1.807) is 19.2 Å². The second kappa shape index (κ2) is 14.6. The number of hydrogen-bond donors (Lipinski definition) is 2. The summed E-state index contributed by atoms with van der Waals surface area (Å²) < 4.78 is 40.8. The fraction of sp³-hybridized carbons (Fsp3) is 0.650. The predicted molar refractivity (Wildman–Crippen MR) is 121 cm³/mol. The summed E-state index contributed by atoms with van der Waals surface area (Å²) in [5, 5.41) is 6.31. The zero-order valence-electron chi connectivity index (χ0n) is 17.1. The molecule has 1 saturated carbocycles. The van der Waals surface area contributed by atoms with Crippen molar-refractivity contribution in [2.75, 3.05) is 27.3 Å². The van der Waals surface area contributed by atoms with Gasteiger partial charge in [-0.2, -0.15) is 8.78 Å². The Hall–Kier alpha value is -1.36. The third-order valence-electron chi connectivity index (χ3n) is 4.67. The Morgan fingerprint density at radius 3 is 2.62 bits per heavy atom. The van der Waals surface area contributed by atoms with Crippen LogP contribution in [0.25, 0.3) is 0 Å². The number of aliphatic imine (C=N–C) groups is 1. The fourth-order valence-electron chi connectivity index (χ4n) is 3.19. The summed E-state index contributed by atoms with van der Waals surface area (Å²) in [6.07, 6.45) is 7.46. The molecule has 0 amide bonds. The van der Waals surface area contributed by atoms with Gasteiger partial charge in [0.2, 0.25) is 0 Å². The third kappa shape index (κ3) is 9.79. The topological polar surface area (TPSA) is 64.1 Å². The largest absolute Gasteiger partial charge is 0.497 e. The molecule has 0 aromatic heterocycles. The van der Waals surface area contributed by atoms with Crippen LogP contribution < -0.4 is 20.1 Å². The lowest BCUT2D eigenvalue weighted by molar-refractivity contribution is -0.0505. The Morgan fingerprint density at radius 2 is 1.97 bits per heavy atom. The van der Waals surface area contributed by atoms with Crippen LogP contribution in [0, 0.1) is 0 Å². The van der Waals surface area contributed by atoms with Gasteiger partial charge in [-0.1, -0.05) is 19.3 Å². The minimum Gasteiger partial charge on any atom is -0.497 e. The highest BCUT2D eigenvalue weighted by atomic mass is 127. The van der Waals surface area contributed by atoms with Crippen molar-refractivity contribution in [3.63, 3.8) is 0 Å². The summed E-state index contributed by atoms with van der Waals surface area (Å²) in [6, 6.07) is 4.72. The number of hydrogen-bond acceptors (Lipinski definition) is 4. The molecule has 1 aromatic rings. The maximum atomic E-state index is 12.6. The van der Waals surface area contributed by atoms with E-state index in [0.29, 0.717) is 29.9 Å². The predicted octanol–water partition coefficient (Wildman–Crippen LogP) is 4.32. The number of halogens is 3. The van der Waals surface area contributed by atoms with Crippen LogP contribution in [-0.4, -0.2) is 46.0 Å². The third-order valence-corrected chi connectivity index (χ3v) is 4.67. The van der Waals surface area contributed by atoms with Crippen LogP contribution in [0.15, 0.2) is 23.2 Å². The Morgan fingerprint density at radius 1 is 1.21 bits per heavy atom. The number of methoxy groups -OCH3 is 1. The molecule has 0 aliphatic heterocycles. The highest BCUT2D eigenvalue weighted by molar-refractivity contribution is 14.0. The molecule has 1 aromatic carbocycles. The van der Waals surface area contributed by atoms with E-state index in [0.717, 1.165) is 13.0 Å². The van der Waals surface area contributed by atoms with Gasteiger partial charge in [0.15, 0.2) is 5.96 Å². The number of alkyl halides is 2. The summed E-state index contributed by atoms with van der Waals surface area (Å²) in [5.74, 6) is 1.27. The second-order valence-electron chi connectivity index (χ2n) is 6.69. The number of nitrogens with zero attached hydrogens (tertiary/aromatic N) is 1. The molecule has 29 heavy (non-hydrogen) atoms. The van der Waals surface area contributed by atoms with Crippen LogP contribution in [0.1, 0.15) is 44.1 Å². The molecule has 166 valence electrons. The molecule has 2 rings (SSSR count). The minimum atomic E-state index is -2.88. The Kier molecular flexibility index (Phi) is 12.9. The highest BCUT2D eigenvalue weighted by Crippen LogP contribution is 2.25. The summed E-state index contributed by atoms with van der Waals surface area (Å²) in [6.45, 7) is -1.17. The van der Waals surface area contributed by atoms with Crippen LogP contribution in [0.5, 0.6) is 11.5 Å². The Labute approximate surface area is 188 Å². The monoisotopic (exact) mass is 527 g/mol. The van der Waals surface area contributed by atoms with Gasteiger partial charge in [-0.15, -0.1) is 24.0 Å². The molecule has 6 nitrogen and oxygen atoms in total. The van der Waals surface area contributed by atoms with Gasteiger partial charge in [0, 0.05) is 32.3 Å². The smallest absolute Gasteiger partial charge is 0.387 e. The van der Waals surface area contributed by atoms with Crippen molar-refractivity contribution in [2.24, 2.45) is 4.99 Å². The van der Waals surface area contributed by atoms with Crippen molar-refractivity contribution in [1.82, 2.24) is 10.6 Å². The van der Waals surface area contributed by atoms with E-state index < -0.39 is 6.61 Å². The lowest BCUT2D eigenvalue weighted by Gasteiger charge is -2.22. The molecule has 1 fully saturated rings. The lowest BCUT2D eigenvalue weighted by atomic mass is 9.98. The first-order valence-corrected chi connectivity index (χ1v) is 9.80. The van der Waals surface area contributed by atoms with Crippen LogP contribution in [0.2, 0.25) is 0 Å². The average Bonchev–Trinajstić information content (AvgIpc) is 2.71. The van der Waals surface area contributed by atoms with Crippen LogP contribution in [-0.2, 0) is 11.3 Å².